The molecule has 2 aromatic heterocycles. The molecule has 3 N–H and O–H groups in total. The lowest BCUT2D eigenvalue weighted by atomic mass is 9.86. The molecule has 136 valence electrons. The van der Waals surface area contributed by atoms with Gasteiger partial charge >= 0.3 is 0 Å². The van der Waals surface area contributed by atoms with Gasteiger partial charge in [-0.3, -0.25) is 4.79 Å². The van der Waals surface area contributed by atoms with Gasteiger partial charge in [0.15, 0.2) is 5.76 Å². The average Bonchev–Trinajstić information content (AvgIpc) is 3.02. The minimum absolute atomic E-state index is 0.117. The summed E-state index contributed by atoms with van der Waals surface area (Å²) in [6.45, 7) is 1.53. The quantitative estimate of drug-likeness (QED) is 0.516. The Labute approximate surface area is 155 Å². The SMILES string of the molecule is Cc1[nH]c2ccccc2c1C(c1ccccc1)c1oc(CO)cc(=O)c1O. The molecule has 5 heteroatoms. The molecule has 0 aliphatic heterocycles. The minimum Gasteiger partial charge on any atom is -0.502 e. The van der Waals surface area contributed by atoms with E-state index >= 15 is 0 Å². The van der Waals surface area contributed by atoms with Crippen molar-refractivity contribution in [3.05, 3.63) is 99.2 Å². The number of aromatic amines is 1. The molecule has 0 fully saturated rings. The first-order valence-electron chi connectivity index (χ1n) is 8.69. The van der Waals surface area contributed by atoms with E-state index < -0.39 is 23.7 Å². The Hall–Kier alpha value is -3.31. The number of aromatic nitrogens is 1. The van der Waals surface area contributed by atoms with Gasteiger partial charge < -0.3 is 19.6 Å². The molecule has 0 aliphatic carbocycles. The van der Waals surface area contributed by atoms with E-state index in [1.165, 1.54) is 0 Å². The third-order valence-electron chi connectivity index (χ3n) is 4.78. The van der Waals surface area contributed by atoms with E-state index in [0.717, 1.165) is 33.8 Å². The Morgan fingerprint density at radius 1 is 1.07 bits per heavy atom. The van der Waals surface area contributed by atoms with Crippen LogP contribution in [0.4, 0.5) is 0 Å². The number of benzene rings is 2. The van der Waals surface area contributed by atoms with E-state index in [2.05, 4.69) is 4.98 Å². The number of hydrogen-bond acceptors (Lipinski definition) is 4. The Bertz CT molecular complexity index is 1160. The van der Waals surface area contributed by atoms with E-state index in [0.29, 0.717) is 0 Å². The maximum absolute atomic E-state index is 12.2. The number of aromatic hydroxyl groups is 1. The van der Waals surface area contributed by atoms with Crippen molar-refractivity contribution in [2.45, 2.75) is 19.4 Å². The number of aliphatic hydroxyl groups is 1. The van der Waals surface area contributed by atoms with Crippen LogP contribution < -0.4 is 5.43 Å². The third-order valence-corrected chi connectivity index (χ3v) is 4.78. The Morgan fingerprint density at radius 2 is 1.78 bits per heavy atom. The van der Waals surface area contributed by atoms with Gasteiger partial charge in [0.05, 0.1) is 5.92 Å². The predicted molar refractivity (Wildman–Crippen MR) is 103 cm³/mol. The summed E-state index contributed by atoms with van der Waals surface area (Å²) in [6.07, 6.45) is 0. The Balaban J connectivity index is 2.07. The number of fused-ring (bicyclic) bond motifs is 1. The standard InChI is InChI=1S/C22H19NO4/c1-13-19(16-9-5-6-10-17(16)23-13)20(14-7-3-2-4-8-14)22-21(26)18(25)11-15(12-24)27-22/h2-11,20,23-24,26H,12H2,1H3. The van der Waals surface area contributed by atoms with Gasteiger partial charge in [-0.2, -0.15) is 0 Å². The van der Waals surface area contributed by atoms with E-state index in [1.54, 1.807) is 0 Å². The molecule has 0 amide bonds. The predicted octanol–water partition coefficient (Wildman–Crippen LogP) is 3.81. The lowest BCUT2D eigenvalue weighted by Gasteiger charge is -2.19. The highest BCUT2D eigenvalue weighted by Crippen LogP contribution is 2.40. The van der Waals surface area contributed by atoms with Crippen LogP contribution in [0.2, 0.25) is 0 Å². The molecular formula is C22H19NO4. The van der Waals surface area contributed by atoms with Crippen molar-refractivity contribution in [3.8, 4) is 5.75 Å². The maximum Gasteiger partial charge on any atom is 0.227 e. The second-order valence-electron chi connectivity index (χ2n) is 6.50. The first-order chi connectivity index (χ1) is 13.1. The molecule has 1 unspecified atom stereocenters. The molecule has 1 atom stereocenters. The molecule has 4 aromatic rings. The fourth-order valence-corrected chi connectivity index (χ4v) is 3.59. The monoisotopic (exact) mass is 361 g/mol. The summed E-state index contributed by atoms with van der Waals surface area (Å²) in [7, 11) is 0. The number of aryl methyl sites for hydroxylation is 1. The number of para-hydroxylation sites is 1. The van der Waals surface area contributed by atoms with Gasteiger partial charge in [-0.05, 0) is 24.1 Å². The molecule has 27 heavy (non-hydrogen) atoms. The average molecular weight is 361 g/mol. The van der Waals surface area contributed by atoms with Crippen LogP contribution in [0.15, 0.2) is 69.9 Å². The number of H-pyrrole nitrogens is 1. The Morgan fingerprint density at radius 3 is 2.52 bits per heavy atom. The van der Waals surface area contributed by atoms with Crippen molar-refractivity contribution < 1.29 is 14.6 Å². The summed E-state index contributed by atoms with van der Waals surface area (Å²) in [6, 6.07) is 18.5. The van der Waals surface area contributed by atoms with Crippen LogP contribution in [-0.2, 0) is 6.61 Å². The molecule has 0 aliphatic rings. The smallest absolute Gasteiger partial charge is 0.227 e. The van der Waals surface area contributed by atoms with Gasteiger partial charge in [0, 0.05) is 22.7 Å². The molecule has 4 rings (SSSR count). The van der Waals surface area contributed by atoms with Crippen molar-refractivity contribution in [1.29, 1.82) is 0 Å². The van der Waals surface area contributed by atoms with Crippen molar-refractivity contribution in [2.75, 3.05) is 0 Å². The van der Waals surface area contributed by atoms with Crippen molar-refractivity contribution in [2.24, 2.45) is 0 Å². The van der Waals surface area contributed by atoms with Gasteiger partial charge in [-0.1, -0.05) is 48.5 Å². The van der Waals surface area contributed by atoms with Crippen LogP contribution in [0.5, 0.6) is 5.75 Å². The fraction of sp³-hybridized carbons (Fsp3) is 0.136. The number of aliphatic hydroxyl groups excluding tert-OH is 1. The first kappa shape index (κ1) is 17.1. The van der Waals surface area contributed by atoms with Crippen LogP contribution in [0.25, 0.3) is 10.9 Å². The largest absolute Gasteiger partial charge is 0.502 e. The molecule has 5 nitrogen and oxygen atoms in total. The summed E-state index contributed by atoms with van der Waals surface area (Å²) in [5.74, 6) is -0.691. The van der Waals surface area contributed by atoms with E-state index in [1.807, 2.05) is 61.5 Å². The summed E-state index contributed by atoms with van der Waals surface area (Å²) in [4.78, 5) is 15.6. The highest BCUT2D eigenvalue weighted by atomic mass is 16.4. The summed E-state index contributed by atoms with van der Waals surface area (Å²) < 4.78 is 5.77. The van der Waals surface area contributed by atoms with Crippen LogP contribution in [0.3, 0.4) is 0 Å². The molecule has 0 radical (unpaired) electrons. The fourth-order valence-electron chi connectivity index (χ4n) is 3.59. The molecular weight excluding hydrogens is 342 g/mol. The van der Waals surface area contributed by atoms with Gasteiger partial charge in [-0.15, -0.1) is 0 Å². The highest BCUT2D eigenvalue weighted by molar-refractivity contribution is 5.86. The van der Waals surface area contributed by atoms with Crippen molar-refractivity contribution in [1.82, 2.24) is 4.98 Å². The third kappa shape index (κ3) is 2.92. The van der Waals surface area contributed by atoms with Crippen molar-refractivity contribution >= 4 is 10.9 Å². The second-order valence-corrected chi connectivity index (χ2v) is 6.50. The lowest BCUT2D eigenvalue weighted by Crippen LogP contribution is -2.11. The molecule has 0 saturated carbocycles. The number of rotatable bonds is 4. The number of nitrogens with one attached hydrogen (secondary N) is 1. The van der Waals surface area contributed by atoms with E-state index in [9.17, 15) is 15.0 Å². The number of hydrogen-bond donors (Lipinski definition) is 3. The van der Waals surface area contributed by atoms with Crippen LogP contribution in [0, 0.1) is 6.92 Å². The first-order valence-corrected chi connectivity index (χ1v) is 8.69. The van der Waals surface area contributed by atoms with E-state index in [4.69, 9.17) is 4.42 Å². The van der Waals surface area contributed by atoms with Gasteiger partial charge in [0.25, 0.3) is 0 Å². The molecule has 0 spiro atoms. The maximum atomic E-state index is 12.2. The zero-order valence-electron chi connectivity index (χ0n) is 14.8. The second kappa shape index (κ2) is 6.78. The zero-order chi connectivity index (χ0) is 19.0. The van der Waals surface area contributed by atoms with Crippen LogP contribution in [0.1, 0.15) is 34.3 Å². The van der Waals surface area contributed by atoms with Gasteiger partial charge in [0.1, 0.15) is 12.4 Å². The Kier molecular flexibility index (Phi) is 4.30. The molecule has 2 aromatic carbocycles. The van der Waals surface area contributed by atoms with Crippen LogP contribution >= 0.6 is 0 Å². The van der Waals surface area contributed by atoms with Gasteiger partial charge in [-0.25, -0.2) is 0 Å². The van der Waals surface area contributed by atoms with Crippen molar-refractivity contribution in [3.63, 3.8) is 0 Å². The zero-order valence-corrected chi connectivity index (χ0v) is 14.8. The highest BCUT2D eigenvalue weighted by Gasteiger charge is 2.28. The molecule has 2 heterocycles. The summed E-state index contributed by atoms with van der Waals surface area (Å²) in [5, 5.41) is 21.0. The lowest BCUT2D eigenvalue weighted by molar-refractivity contribution is 0.235. The molecule has 0 saturated heterocycles. The van der Waals surface area contributed by atoms with Crippen LogP contribution in [-0.4, -0.2) is 15.2 Å². The van der Waals surface area contributed by atoms with E-state index in [-0.39, 0.29) is 11.5 Å². The summed E-state index contributed by atoms with van der Waals surface area (Å²) >= 11 is 0. The molecule has 0 bridgehead atoms. The minimum atomic E-state index is -0.571. The topological polar surface area (TPSA) is 86.5 Å². The van der Waals surface area contributed by atoms with Gasteiger partial charge in [0.2, 0.25) is 11.2 Å². The normalized spacial score (nSPS) is 12.4. The summed E-state index contributed by atoms with van der Waals surface area (Å²) in [5.41, 5.74) is 3.11.